The van der Waals surface area contributed by atoms with E-state index >= 15 is 0 Å². The van der Waals surface area contributed by atoms with E-state index < -0.39 is 28.4 Å². The van der Waals surface area contributed by atoms with E-state index in [4.69, 9.17) is 9.47 Å². The van der Waals surface area contributed by atoms with Crippen molar-refractivity contribution in [3.63, 3.8) is 0 Å². The van der Waals surface area contributed by atoms with E-state index in [0.29, 0.717) is 16.4 Å². The van der Waals surface area contributed by atoms with Crippen LogP contribution in [-0.2, 0) is 21.2 Å². The minimum absolute atomic E-state index is 0.0649. The molecule has 33 heavy (non-hydrogen) atoms. The number of carbonyl (C=O) groups is 2. The molecule has 0 radical (unpaired) electrons. The average molecular weight is 467 g/mol. The first-order valence-electron chi connectivity index (χ1n) is 10.1. The molecule has 4 rings (SSSR count). The molecule has 1 aliphatic heterocycles. The second kappa shape index (κ2) is 8.95. The molecule has 2 amide bonds. The van der Waals surface area contributed by atoms with E-state index in [1.54, 1.807) is 12.1 Å². The summed E-state index contributed by atoms with van der Waals surface area (Å²) >= 11 is 0. The number of fused-ring (bicyclic) bond motifs is 1. The summed E-state index contributed by atoms with van der Waals surface area (Å²) in [4.78, 5) is 25.4. The van der Waals surface area contributed by atoms with Crippen molar-refractivity contribution in [3.8, 4) is 11.5 Å². The van der Waals surface area contributed by atoms with E-state index in [1.165, 1.54) is 26.4 Å². The Balaban J connectivity index is 1.56. The van der Waals surface area contributed by atoms with Crippen LogP contribution in [0.1, 0.15) is 21.5 Å². The summed E-state index contributed by atoms with van der Waals surface area (Å²) in [6.45, 7) is -0.653. The molecule has 0 atom stereocenters. The van der Waals surface area contributed by atoms with Crippen molar-refractivity contribution in [1.29, 1.82) is 0 Å². The van der Waals surface area contributed by atoms with Crippen molar-refractivity contribution in [3.05, 3.63) is 83.4 Å². The third-order valence-corrected chi connectivity index (χ3v) is 7.10. The molecule has 1 aliphatic rings. The van der Waals surface area contributed by atoms with Gasteiger partial charge in [0.2, 0.25) is 5.91 Å². The number of nitrogens with zero attached hydrogens (tertiary/aromatic N) is 1. The molecule has 0 bridgehead atoms. The largest absolute Gasteiger partial charge is 0.493 e. The molecule has 3 aromatic carbocycles. The number of carbonyl (C=O) groups excluding carboxylic acids is 2. The Morgan fingerprint density at radius 2 is 1.58 bits per heavy atom. The summed E-state index contributed by atoms with van der Waals surface area (Å²) in [6, 6.07) is 19.5. The Labute approximate surface area is 191 Å². The molecule has 0 fully saturated rings. The van der Waals surface area contributed by atoms with Crippen LogP contribution >= 0.6 is 0 Å². The molecule has 0 saturated carbocycles. The summed E-state index contributed by atoms with van der Waals surface area (Å²) in [7, 11) is -1.46. The van der Waals surface area contributed by atoms with Crippen LogP contribution in [0.15, 0.2) is 71.6 Å². The zero-order chi connectivity index (χ0) is 23.6. The molecule has 0 spiro atoms. The van der Waals surface area contributed by atoms with Crippen molar-refractivity contribution >= 4 is 27.5 Å². The van der Waals surface area contributed by atoms with Gasteiger partial charge in [0.05, 0.1) is 19.8 Å². The fourth-order valence-electron chi connectivity index (χ4n) is 3.69. The predicted molar refractivity (Wildman–Crippen MR) is 122 cm³/mol. The number of sulfonamides is 1. The third-order valence-electron chi connectivity index (χ3n) is 5.33. The second-order valence-electron chi connectivity index (χ2n) is 7.39. The molecule has 3 aromatic rings. The van der Waals surface area contributed by atoms with Crippen LogP contribution < -0.4 is 14.8 Å². The highest BCUT2D eigenvalue weighted by molar-refractivity contribution is 7.90. The number of benzene rings is 3. The van der Waals surface area contributed by atoms with Gasteiger partial charge in [-0.3, -0.25) is 9.59 Å². The highest BCUT2D eigenvalue weighted by Gasteiger charge is 2.43. The molecular weight excluding hydrogens is 444 g/mol. The zero-order valence-electron chi connectivity index (χ0n) is 18.1. The minimum Gasteiger partial charge on any atom is -0.493 e. The Morgan fingerprint density at radius 3 is 2.27 bits per heavy atom. The van der Waals surface area contributed by atoms with Crippen molar-refractivity contribution in [2.45, 2.75) is 11.3 Å². The van der Waals surface area contributed by atoms with Crippen molar-refractivity contribution in [2.24, 2.45) is 0 Å². The minimum atomic E-state index is -4.21. The van der Waals surface area contributed by atoms with E-state index in [9.17, 15) is 18.0 Å². The number of anilines is 1. The number of nitrogens with one attached hydrogen (secondary N) is 1. The first-order chi connectivity index (χ1) is 15.8. The van der Waals surface area contributed by atoms with Crippen molar-refractivity contribution < 1.29 is 27.5 Å². The van der Waals surface area contributed by atoms with E-state index in [1.807, 2.05) is 42.5 Å². The van der Waals surface area contributed by atoms with Gasteiger partial charge >= 0.3 is 0 Å². The molecule has 1 N–H and O–H groups in total. The lowest BCUT2D eigenvalue weighted by atomic mass is 10.0. The van der Waals surface area contributed by atoms with Gasteiger partial charge in [0, 0.05) is 11.8 Å². The lowest BCUT2D eigenvalue weighted by molar-refractivity contribution is -0.116. The Kier molecular flexibility index (Phi) is 6.06. The van der Waals surface area contributed by atoms with Gasteiger partial charge in [-0.25, -0.2) is 12.7 Å². The Bertz CT molecular complexity index is 1320. The number of rotatable bonds is 7. The fraction of sp³-hybridized carbons (Fsp3) is 0.167. The van der Waals surface area contributed by atoms with Crippen LogP contribution in [0.25, 0.3) is 0 Å². The molecule has 8 nitrogen and oxygen atoms in total. The normalized spacial score (nSPS) is 14.0. The van der Waals surface area contributed by atoms with Crippen LogP contribution in [-0.4, -0.2) is 45.3 Å². The maximum atomic E-state index is 13.0. The maximum absolute atomic E-state index is 13.0. The summed E-state index contributed by atoms with van der Waals surface area (Å²) in [5, 5.41) is 2.74. The molecule has 0 aromatic heterocycles. The standard InChI is InChI=1S/C24H22N2O6S/c1-31-20-13-18-22(14-21(20)32-2)33(29,30)26(24(18)28)15-23(27)25-19-11-7-6-10-17(19)12-16-8-4-3-5-9-16/h3-11,13-14H,12,15H2,1-2H3,(H,25,27). The zero-order valence-corrected chi connectivity index (χ0v) is 18.9. The predicted octanol–water partition coefficient (Wildman–Crippen LogP) is 3.08. The first-order valence-corrected chi connectivity index (χ1v) is 11.5. The van der Waals surface area contributed by atoms with Crippen LogP contribution in [0.5, 0.6) is 11.5 Å². The maximum Gasteiger partial charge on any atom is 0.269 e. The number of ether oxygens (including phenoxy) is 2. The van der Waals surface area contributed by atoms with Crippen LogP contribution in [0.3, 0.4) is 0 Å². The number of methoxy groups -OCH3 is 2. The molecule has 1 heterocycles. The summed E-state index contributed by atoms with van der Waals surface area (Å²) in [5.41, 5.74) is 2.42. The van der Waals surface area contributed by atoms with Gasteiger partial charge in [-0.2, -0.15) is 0 Å². The topological polar surface area (TPSA) is 102 Å². The van der Waals surface area contributed by atoms with Gasteiger partial charge < -0.3 is 14.8 Å². The SMILES string of the molecule is COc1cc2c(cc1OC)S(=O)(=O)N(CC(=O)Nc1ccccc1Cc1ccccc1)C2=O. The van der Waals surface area contributed by atoms with Crippen LogP contribution in [0.2, 0.25) is 0 Å². The van der Waals surface area contributed by atoms with Crippen molar-refractivity contribution in [2.75, 3.05) is 26.1 Å². The summed E-state index contributed by atoms with van der Waals surface area (Å²) in [6.07, 6.45) is 0.587. The fourth-order valence-corrected chi connectivity index (χ4v) is 5.21. The average Bonchev–Trinajstić information content (AvgIpc) is 3.00. The molecule has 0 saturated heterocycles. The molecular formula is C24H22N2O6S. The highest BCUT2D eigenvalue weighted by Crippen LogP contribution is 2.38. The summed E-state index contributed by atoms with van der Waals surface area (Å²) < 4.78 is 36.8. The van der Waals surface area contributed by atoms with Gasteiger partial charge in [0.1, 0.15) is 11.4 Å². The van der Waals surface area contributed by atoms with E-state index in [-0.39, 0.29) is 22.0 Å². The van der Waals surface area contributed by atoms with E-state index in [2.05, 4.69) is 5.32 Å². The van der Waals surface area contributed by atoms with Gasteiger partial charge in [-0.1, -0.05) is 48.5 Å². The van der Waals surface area contributed by atoms with Crippen molar-refractivity contribution in [1.82, 2.24) is 4.31 Å². The number of hydrogen-bond acceptors (Lipinski definition) is 6. The van der Waals surface area contributed by atoms with Gasteiger partial charge in [0.15, 0.2) is 11.5 Å². The lowest BCUT2D eigenvalue weighted by Gasteiger charge is -2.16. The van der Waals surface area contributed by atoms with Crippen LogP contribution in [0.4, 0.5) is 5.69 Å². The smallest absolute Gasteiger partial charge is 0.269 e. The molecule has 0 aliphatic carbocycles. The number of hydrogen-bond donors (Lipinski definition) is 1. The number of para-hydroxylation sites is 1. The van der Waals surface area contributed by atoms with Crippen LogP contribution in [0, 0.1) is 0 Å². The molecule has 9 heteroatoms. The summed E-state index contributed by atoms with van der Waals surface area (Å²) in [5.74, 6) is -1.02. The van der Waals surface area contributed by atoms with Gasteiger partial charge in [-0.15, -0.1) is 0 Å². The Hall–Kier alpha value is -3.85. The van der Waals surface area contributed by atoms with Gasteiger partial charge in [-0.05, 0) is 29.7 Å². The highest BCUT2D eigenvalue weighted by atomic mass is 32.2. The Morgan fingerprint density at radius 1 is 0.939 bits per heavy atom. The third kappa shape index (κ3) is 4.27. The van der Waals surface area contributed by atoms with E-state index in [0.717, 1.165) is 11.1 Å². The lowest BCUT2D eigenvalue weighted by Crippen LogP contribution is -2.37. The number of amides is 2. The second-order valence-corrected chi connectivity index (χ2v) is 9.22. The first kappa shape index (κ1) is 22.3. The molecule has 0 unspecified atom stereocenters. The van der Waals surface area contributed by atoms with Gasteiger partial charge in [0.25, 0.3) is 15.9 Å². The quantitative estimate of drug-likeness (QED) is 0.574. The molecule has 170 valence electrons. The monoisotopic (exact) mass is 466 g/mol.